The van der Waals surface area contributed by atoms with E-state index in [1.54, 1.807) is 6.20 Å². The van der Waals surface area contributed by atoms with Gasteiger partial charge >= 0.3 is 0 Å². The van der Waals surface area contributed by atoms with Gasteiger partial charge in [0.25, 0.3) is 0 Å². The third-order valence-electron chi connectivity index (χ3n) is 5.84. The predicted octanol–water partition coefficient (Wildman–Crippen LogP) is 3.92. The van der Waals surface area contributed by atoms with Crippen LogP contribution in [0, 0.1) is 6.92 Å². The van der Waals surface area contributed by atoms with E-state index in [0.29, 0.717) is 18.6 Å². The number of benzene rings is 1. The summed E-state index contributed by atoms with van der Waals surface area (Å²) in [6.45, 7) is 4.30. The number of carbonyl (C=O) groups excluding carboxylic acids is 1. The van der Waals surface area contributed by atoms with Crippen LogP contribution in [0.25, 0.3) is 16.8 Å². The highest BCUT2D eigenvalue weighted by atomic mass is 16.1. The minimum Gasteiger partial charge on any atom is -0.345 e. The lowest BCUT2D eigenvalue weighted by molar-refractivity contribution is -0.117. The van der Waals surface area contributed by atoms with Gasteiger partial charge in [0, 0.05) is 36.6 Å². The average molecular weight is 344 g/mol. The largest absolute Gasteiger partial charge is 0.345 e. The minimum atomic E-state index is -0.296. The van der Waals surface area contributed by atoms with Crippen LogP contribution in [-0.4, -0.2) is 25.1 Å². The lowest BCUT2D eigenvalue weighted by Crippen LogP contribution is -2.27. The Labute approximate surface area is 151 Å². The van der Waals surface area contributed by atoms with E-state index in [1.165, 1.54) is 11.1 Å². The zero-order chi connectivity index (χ0) is 17.9. The van der Waals surface area contributed by atoms with Gasteiger partial charge in [-0.15, -0.1) is 0 Å². The number of aromatic nitrogens is 4. The Balaban J connectivity index is 1.76. The number of fused-ring (bicyclic) bond motifs is 3. The highest BCUT2D eigenvalue weighted by Gasteiger charge is 2.47. The van der Waals surface area contributed by atoms with Crippen LogP contribution in [0.3, 0.4) is 0 Å². The molecular formula is C21H20N4O. The summed E-state index contributed by atoms with van der Waals surface area (Å²) in [5.41, 5.74) is 5.88. The number of aryl methyl sites for hydroxylation is 1. The number of imidazole rings is 1. The van der Waals surface area contributed by atoms with E-state index < -0.39 is 0 Å². The number of H-pyrrole nitrogens is 1. The van der Waals surface area contributed by atoms with Gasteiger partial charge in [-0.05, 0) is 18.6 Å². The number of aromatic amines is 1. The van der Waals surface area contributed by atoms with Crippen molar-refractivity contribution in [2.75, 3.05) is 0 Å². The molecule has 0 saturated heterocycles. The van der Waals surface area contributed by atoms with Crippen molar-refractivity contribution in [3.63, 3.8) is 0 Å². The van der Waals surface area contributed by atoms with Gasteiger partial charge in [0.05, 0.1) is 17.4 Å². The van der Waals surface area contributed by atoms with Crippen LogP contribution in [-0.2, 0) is 10.2 Å². The SMILES string of the molecule is Cc1cccc(C2CC(=O)CC2(C)c2cnc3cnc4[nH]ccc4n23)c1. The van der Waals surface area contributed by atoms with Crippen molar-refractivity contribution in [3.8, 4) is 0 Å². The lowest BCUT2D eigenvalue weighted by Gasteiger charge is -2.31. The lowest BCUT2D eigenvalue weighted by atomic mass is 9.73. The molecule has 1 N–H and O–H groups in total. The Morgan fingerprint density at radius 2 is 2.12 bits per heavy atom. The molecule has 1 aromatic carbocycles. The molecule has 1 fully saturated rings. The molecule has 0 radical (unpaired) electrons. The summed E-state index contributed by atoms with van der Waals surface area (Å²) in [4.78, 5) is 24.7. The Morgan fingerprint density at radius 3 is 2.96 bits per heavy atom. The number of hydrogen-bond acceptors (Lipinski definition) is 3. The molecule has 130 valence electrons. The van der Waals surface area contributed by atoms with Crippen LogP contribution < -0.4 is 0 Å². The number of nitrogens with one attached hydrogen (secondary N) is 1. The molecule has 5 nitrogen and oxygen atoms in total. The van der Waals surface area contributed by atoms with Gasteiger partial charge in [-0.2, -0.15) is 0 Å². The summed E-state index contributed by atoms with van der Waals surface area (Å²) < 4.78 is 2.15. The number of nitrogens with zero attached hydrogens (tertiary/aromatic N) is 3. The molecule has 2 unspecified atom stereocenters. The summed E-state index contributed by atoms with van der Waals surface area (Å²) in [5.74, 6) is 0.463. The zero-order valence-corrected chi connectivity index (χ0v) is 14.9. The molecular weight excluding hydrogens is 324 g/mol. The van der Waals surface area contributed by atoms with Crippen LogP contribution >= 0.6 is 0 Å². The first-order valence-corrected chi connectivity index (χ1v) is 8.94. The summed E-state index contributed by atoms with van der Waals surface area (Å²) in [6.07, 6.45) is 6.71. The second kappa shape index (κ2) is 5.27. The quantitative estimate of drug-likeness (QED) is 0.599. The van der Waals surface area contributed by atoms with Gasteiger partial charge in [0.15, 0.2) is 11.3 Å². The summed E-state index contributed by atoms with van der Waals surface area (Å²) in [7, 11) is 0. The maximum atomic E-state index is 12.5. The van der Waals surface area contributed by atoms with Crippen molar-refractivity contribution in [1.82, 2.24) is 19.4 Å². The van der Waals surface area contributed by atoms with Crippen LogP contribution in [0.15, 0.2) is 48.9 Å². The molecule has 1 aliphatic carbocycles. The number of hydrogen-bond donors (Lipinski definition) is 1. The first-order chi connectivity index (χ1) is 12.6. The second-order valence-corrected chi connectivity index (χ2v) is 7.61. The van der Waals surface area contributed by atoms with Crippen molar-refractivity contribution in [2.45, 2.75) is 38.0 Å². The Morgan fingerprint density at radius 1 is 1.23 bits per heavy atom. The fraction of sp³-hybridized carbons (Fsp3) is 0.286. The third kappa shape index (κ3) is 2.06. The van der Waals surface area contributed by atoms with E-state index in [0.717, 1.165) is 22.5 Å². The van der Waals surface area contributed by atoms with Crippen LogP contribution in [0.4, 0.5) is 0 Å². The van der Waals surface area contributed by atoms with Gasteiger partial charge in [0.1, 0.15) is 5.78 Å². The smallest absolute Gasteiger partial charge is 0.156 e. The van der Waals surface area contributed by atoms with Crippen molar-refractivity contribution < 1.29 is 4.79 Å². The highest BCUT2D eigenvalue weighted by molar-refractivity contribution is 5.85. The van der Waals surface area contributed by atoms with E-state index in [-0.39, 0.29) is 11.3 Å². The fourth-order valence-electron chi connectivity index (χ4n) is 4.57. The zero-order valence-electron chi connectivity index (χ0n) is 14.9. The fourth-order valence-corrected chi connectivity index (χ4v) is 4.57. The van der Waals surface area contributed by atoms with Crippen LogP contribution in [0.1, 0.15) is 42.5 Å². The van der Waals surface area contributed by atoms with E-state index in [9.17, 15) is 4.79 Å². The van der Waals surface area contributed by atoms with E-state index in [1.807, 2.05) is 18.5 Å². The van der Waals surface area contributed by atoms with Crippen molar-refractivity contribution in [3.05, 3.63) is 65.7 Å². The molecule has 5 rings (SSSR count). The first-order valence-electron chi connectivity index (χ1n) is 8.94. The molecule has 0 amide bonds. The number of rotatable bonds is 2. The van der Waals surface area contributed by atoms with Gasteiger partial charge in [-0.3, -0.25) is 9.20 Å². The standard InChI is InChI=1S/C21H20N4O/c1-13-4-3-5-14(8-13)16-9-15(26)10-21(16,2)18-11-23-19-12-24-20-17(25(18)19)6-7-22-20/h3-8,11-12,16,22H,9-10H2,1-2H3. The van der Waals surface area contributed by atoms with Crippen LogP contribution in [0.5, 0.6) is 0 Å². The molecule has 0 bridgehead atoms. The van der Waals surface area contributed by atoms with Gasteiger partial charge in [-0.1, -0.05) is 36.8 Å². The molecule has 2 atom stereocenters. The summed E-state index contributed by atoms with van der Waals surface area (Å²) in [5, 5.41) is 0. The molecule has 3 aromatic heterocycles. The first kappa shape index (κ1) is 15.3. The number of carbonyl (C=O) groups is 1. The third-order valence-corrected chi connectivity index (χ3v) is 5.84. The highest BCUT2D eigenvalue weighted by Crippen LogP contribution is 2.49. The molecule has 1 saturated carbocycles. The normalized spacial score (nSPS) is 23.3. The monoisotopic (exact) mass is 344 g/mol. The molecule has 0 spiro atoms. The van der Waals surface area contributed by atoms with Crippen LogP contribution in [0.2, 0.25) is 0 Å². The van der Waals surface area contributed by atoms with Crippen molar-refractivity contribution >= 4 is 22.6 Å². The molecule has 5 heteroatoms. The Hall–Kier alpha value is -2.95. The minimum absolute atomic E-state index is 0.150. The predicted molar refractivity (Wildman–Crippen MR) is 100 cm³/mol. The van der Waals surface area contributed by atoms with Gasteiger partial charge < -0.3 is 4.98 Å². The molecule has 0 aliphatic heterocycles. The van der Waals surface area contributed by atoms with Gasteiger partial charge in [-0.25, -0.2) is 9.97 Å². The molecule has 26 heavy (non-hydrogen) atoms. The molecule has 3 heterocycles. The van der Waals surface area contributed by atoms with Crippen molar-refractivity contribution in [2.24, 2.45) is 0 Å². The maximum Gasteiger partial charge on any atom is 0.156 e. The summed E-state index contributed by atoms with van der Waals surface area (Å²) >= 11 is 0. The Bertz CT molecular complexity index is 1160. The number of Topliss-reactive ketones (excluding diaryl/α,β-unsaturated/α-hetero) is 1. The second-order valence-electron chi connectivity index (χ2n) is 7.61. The van der Waals surface area contributed by atoms with E-state index >= 15 is 0 Å². The number of ketones is 1. The summed E-state index contributed by atoms with van der Waals surface area (Å²) in [6, 6.07) is 10.5. The van der Waals surface area contributed by atoms with E-state index in [2.05, 4.69) is 57.5 Å². The van der Waals surface area contributed by atoms with E-state index in [4.69, 9.17) is 0 Å². The molecule has 4 aromatic rings. The average Bonchev–Trinajstić information content (AvgIpc) is 3.30. The van der Waals surface area contributed by atoms with Crippen molar-refractivity contribution in [1.29, 1.82) is 0 Å². The Kier molecular flexibility index (Phi) is 3.11. The van der Waals surface area contributed by atoms with Gasteiger partial charge in [0.2, 0.25) is 0 Å². The topological polar surface area (TPSA) is 63.0 Å². The maximum absolute atomic E-state index is 12.5. The molecule has 1 aliphatic rings.